The van der Waals surface area contributed by atoms with Crippen LogP contribution >= 0.6 is 24.0 Å². The predicted octanol–water partition coefficient (Wildman–Crippen LogP) is 1.23. The highest BCUT2D eigenvalue weighted by Crippen LogP contribution is 2.27. The molecule has 5 nitrogen and oxygen atoms in total. The molecule has 1 atom stereocenters. The van der Waals surface area contributed by atoms with Gasteiger partial charge in [0.25, 0.3) is 0 Å². The fraction of sp³-hybridized carbons (Fsp3) is 0.500. The first-order valence-corrected chi connectivity index (χ1v) is 9.23. The number of thioether (sulfide) groups is 1. The van der Waals surface area contributed by atoms with Gasteiger partial charge in [0.05, 0.1) is 0 Å². The van der Waals surface area contributed by atoms with E-state index in [2.05, 4.69) is 11.9 Å². The van der Waals surface area contributed by atoms with E-state index in [-0.39, 0.29) is 15.6 Å². The van der Waals surface area contributed by atoms with Crippen LogP contribution in [0.2, 0.25) is 0 Å². The number of hydrogen-bond acceptors (Lipinski definition) is 5. The van der Waals surface area contributed by atoms with Crippen LogP contribution in [-0.2, 0) is 10.0 Å². The smallest absolute Gasteiger partial charge is 0.245 e. The van der Waals surface area contributed by atoms with Gasteiger partial charge in [-0.3, -0.25) is 4.98 Å². The lowest BCUT2D eigenvalue weighted by molar-refractivity contribution is 0.415. The Morgan fingerprint density at radius 1 is 1.65 bits per heavy atom. The van der Waals surface area contributed by atoms with Gasteiger partial charge in [-0.15, -0.1) is 0 Å². The number of pyridine rings is 1. The Labute approximate surface area is 129 Å². The van der Waals surface area contributed by atoms with Crippen molar-refractivity contribution in [3.63, 3.8) is 0 Å². The summed E-state index contributed by atoms with van der Waals surface area (Å²) in [7, 11) is -3.59. The second kappa shape index (κ2) is 6.38. The Bertz CT molecular complexity index is 604. The maximum absolute atomic E-state index is 12.7. The number of hydrogen-bond donors (Lipinski definition) is 1. The monoisotopic (exact) mass is 331 g/mol. The molecule has 1 aliphatic heterocycles. The molecule has 2 rings (SSSR count). The number of nitrogens with two attached hydrogens (primary N) is 1. The standard InChI is InChI=1S/C12H17N3O2S3/c1-2-9-8-15(6-7-19-9)20(16,17)10-4-3-5-14-11(10)12(13)18/h3-5,9H,2,6-8H2,1H3,(H2,13,18). The quantitative estimate of drug-likeness (QED) is 0.837. The summed E-state index contributed by atoms with van der Waals surface area (Å²) in [4.78, 5) is 4.11. The highest BCUT2D eigenvalue weighted by Gasteiger charge is 2.32. The molecule has 1 fully saturated rings. The van der Waals surface area contributed by atoms with E-state index in [0.717, 1.165) is 12.2 Å². The first-order valence-electron chi connectivity index (χ1n) is 6.33. The van der Waals surface area contributed by atoms with Gasteiger partial charge in [-0.1, -0.05) is 19.1 Å². The van der Waals surface area contributed by atoms with Crippen molar-refractivity contribution < 1.29 is 8.42 Å². The molecule has 2 N–H and O–H groups in total. The van der Waals surface area contributed by atoms with Crippen LogP contribution < -0.4 is 5.73 Å². The minimum Gasteiger partial charge on any atom is -0.388 e. The fourth-order valence-electron chi connectivity index (χ4n) is 2.08. The molecule has 8 heteroatoms. The summed E-state index contributed by atoms with van der Waals surface area (Å²) in [5.41, 5.74) is 5.75. The zero-order valence-corrected chi connectivity index (χ0v) is 13.6. The van der Waals surface area contributed by atoms with Gasteiger partial charge < -0.3 is 5.73 Å². The maximum Gasteiger partial charge on any atom is 0.245 e. The van der Waals surface area contributed by atoms with E-state index >= 15 is 0 Å². The van der Waals surface area contributed by atoms with Gasteiger partial charge in [0.15, 0.2) is 0 Å². The molecule has 0 saturated carbocycles. The maximum atomic E-state index is 12.7. The average molecular weight is 331 g/mol. The molecule has 0 radical (unpaired) electrons. The minimum atomic E-state index is -3.59. The van der Waals surface area contributed by atoms with E-state index in [1.54, 1.807) is 6.07 Å². The van der Waals surface area contributed by atoms with Gasteiger partial charge in [-0.05, 0) is 18.6 Å². The van der Waals surface area contributed by atoms with Crippen molar-refractivity contribution in [2.75, 3.05) is 18.8 Å². The second-order valence-electron chi connectivity index (χ2n) is 4.48. The van der Waals surface area contributed by atoms with Gasteiger partial charge in [0, 0.05) is 30.3 Å². The molecule has 1 aromatic rings. The molecule has 2 heterocycles. The van der Waals surface area contributed by atoms with Crippen LogP contribution in [0.5, 0.6) is 0 Å². The summed E-state index contributed by atoms with van der Waals surface area (Å²) < 4.78 is 27.0. The van der Waals surface area contributed by atoms with Gasteiger partial charge in [0.2, 0.25) is 10.0 Å². The summed E-state index contributed by atoms with van der Waals surface area (Å²) >= 11 is 6.71. The molecule has 1 aromatic heterocycles. The van der Waals surface area contributed by atoms with Crippen molar-refractivity contribution in [2.45, 2.75) is 23.5 Å². The molecular weight excluding hydrogens is 314 g/mol. The Kier molecular flexibility index (Phi) is 5.00. The predicted molar refractivity (Wildman–Crippen MR) is 85.4 cm³/mol. The number of thiocarbonyl (C=S) groups is 1. The topological polar surface area (TPSA) is 76.3 Å². The number of rotatable bonds is 4. The van der Waals surface area contributed by atoms with Gasteiger partial charge in [-0.2, -0.15) is 16.1 Å². The minimum absolute atomic E-state index is 0.00241. The molecule has 0 bridgehead atoms. The molecule has 1 saturated heterocycles. The zero-order valence-electron chi connectivity index (χ0n) is 11.2. The SMILES string of the molecule is CCC1CN(S(=O)(=O)c2cccnc2C(N)=S)CCS1. The summed E-state index contributed by atoms with van der Waals surface area (Å²) in [5.74, 6) is 0.806. The lowest BCUT2D eigenvalue weighted by atomic mass is 10.3. The third kappa shape index (κ3) is 3.13. The lowest BCUT2D eigenvalue weighted by Gasteiger charge is -2.31. The normalized spacial score (nSPS) is 20.8. The Balaban J connectivity index is 2.38. The van der Waals surface area contributed by atoms with Crippen LogP contribution in [-0.4, -0.2) is 46.8 Å². The van der Waals surface area contributed by atoms with Gasteiger partial charge in [0.1, 0.15) is 15.6 Å². The molecule has 1 unspecified atom stereocenters. The van der Waals surface area contributed by atoms with Crippen LogP contribution in [0, 0.1) is 0 Å². The van der Waals surface area contributed by atoms with Crippen molar-refractivity contribution in [3.05, 3.63) is 24.0 Å². The molecule has 1 aliphatic rings. The molecule has 110 valence electrons. The summed E-state index contributed by atoms with van der Waals surface area (Å²) in [6, 6.07) is 3.10. The van der Waals surface area contributed by atoms with Crippen LogP contribution in [0.1, 0.15) is 19.0 Å². The summed E-state index contributed by atoms with van der Waals surface area (Å²) in [6.45, 7) is 3.10. The molecule has 0 aromatic carbocycles. The molecule has 0 spiro atoms. The number of aromatic nitrogens is 1. The van der Waals surface area contributed by atoms with Crippen molar-refractivity contribution in [2.24, 2.45) is 5.73 Å². The Morgan fingerprint density at radius 3 is 3.05 bits per heavy atom. The van der Waals surface area contributed by atoms with Gasteiger partial charge in [-0.25, -0.2) is 8.42 Å². The number of nitrogens with zero attached hydrogens (tertiary/aromatic N) is 2. The van der Waals surface area contributed by atoms with Crippen molar-refractivity contribution in [1.82, 2.24) is 9.29 Å². The largest absolute Gasteiger partial charge is 0.388 e. The van der Waals surface area contributed by atoms with Crippen molar-refractivity contribution >= 4 is 39.0 Å². The van der Waals surface area contributed by atoms with Crippen LogP contribution in [0.25, 0.3) is 0 Å². The molecule has 20 heavy (non-hydrogen) atoms. The Hall–Kier alpha value is -0.700. The van der Waals surface area contributed by atoms with Crippen molar-refractivity contribution in [3.8, 4) is 0 Å². The third-order valence-electron chi connectivity index (χ3n) is 3.18. The number of sulfonamides is 1. The third-order valence-corrected chi connectivity index (χ3v) is 6.64. The van der Waals surface area contributed by atoms with Crippen LogP contribution in [0.4, 0.5) is 0 Å². The summed E-state index contributed by atoms with van der Waals surface area (Å²) in [5, 5.41) is 0.337. The first kappa shape index (κ1) is 15.7. The summed E-state index contributed by atoms with van der Waals surface area (Å²) in [6.07, 6.45) is 2.44. The highest BCUT2D eigenvalue weighted by atomic mass is 32.2. The second-order valence-corrected chi connectivity index (χ2v) is 8.23. The van der Waals surface area contributed by atoms with Crippen molar-refractivity contribution in [1.29, 1.82) is 0 Å². The van der Waals surface area contributed by atoms with E-state index in [1.807, 2.05) is 11.8 Å². The Morgan fingerprint density at radius 2 is 2.40 bits per heavy atom. The van der Waals surface area contributed by atoms with E-state index in [1.165, 1.54) is 16.6 Å². The molecule has 0 amide bonds. The fourth-order valence-corrected chi connectivity index (χ4v) is 5.34. The van der Waals surface area contributed by atoms with E-state index in [9.17, 15) is 8.42 Å². The van der Waals surface area contributed by atoms with E-state index in [0.29, 0.717) is 18.3 Å². The van der Waals surface area contributed by atoms with Gasteiger partial charge >= 0.3 is 0 Å². The zero-order chi connectivity index (χ0) is 14.8. The lowest BCUT2D eigenvalue weighted by Crippen LogP contribution is -2.42. The highest BCUT2D eigenvalue weighted by molar-refractivity contribution is 8.00. The molecular formula is C12H17N3O2S3. The van der Waals surface area contributed by atoms with E-state index in [4.69, 9.17) is 18.0 Å². The first-order chi connectivity index (χ1) is 9.46. The van der Waals surface area contributed by atoms with Crippen LogP contribution in [0.15, 0.2) is 23.2 Å². The van der Waals surface area contributed by atoms with Crippen LogP contribution in [0.3, 0.4) is 0 Å². The molecule has 0 aliphatic carbocycles. The van der Waals surface area contributed by atoms with E-state index < -0.39 is 10.0 Å². The average Bonchev–Trinajstić information content (AvgIpc) is 2.47.